The molecule has 6 nitrogen and oxygen atoms in total. The fourth-order valence-electron chi connectivity index (χ4n) is 2.23. The van der Waals surface area contributed by atoms with Crippen molar-refractivity contribution in [1.29, 1.82) is 0 Å². The van der Waals surface area contributed by atoms with E-state index >= 15 is 0 Å². The van der Waals surface area contributed by atoms with Crippen molar-refractivity contribution in [2.45, 2.75) is 32.7 Å². The lowest BCUT2D eigenvalue weighted by Crippen LogP contribution is -2.36. The summed E-state index contributed by atoms with van der Waals surface area (Å²) in [6, 6.07) is 4.41. The number of non-ortho nitro benzene ring substituents is 1. The first-order valence-corrected chi connectivity index (χ1v) is 6.69. The Hall–Kier alpha value is -2.11. The number of hydrogen-bond acceptors (Lipinski definition) is 4. The number of hydrogen-bond donors (Lipinski definition) is 1. The molecule has 0 heterocycles. The summed E-state index contributed by atoms with van der Waals surface area (Å²) in [5, 5.41) is 13.8. The Morgan fingerprint density at radius 1 is 1.40 bits per heavy atom. The van der Waals surface area contributed by atoms with E-state index in [1.54, 1.807) is 25.1 Å². The first-order valence-electron chi connectivity index (χ1n) is 6.69. The van der Waals surface area contributed by atoms with E-state index in [2.05, 4.69) is 5.32 Å². The predicted octanol–water partition coefficient (Wildman–Crippen LogP) is 2.90. The fraction of sp³-hybridized carbons (Fsp3) is 0.500. The van der Waals surface area contributed by atoms with Crippen molar-refractivity contribution in [1.82, 2.24) is 4.90 Å². The van der Waals surface area contributed by atoms with Gasteiger partial charge < -0.3 is 10.2 Å². The number of nitrogens with one attached hydrogen (secondary N) is 1. The smallest absolute Gasteiger partial charge is 0.270 e. The molecule has 0 fully saturated rings. The molecule has 1 amide bonds. The number of nitro benzene ring substituents is 1. The lowest BCUT2D eigenvalue weighted by atomic mass is 10.1. The van der Waals surface area contributed by atoms with Crippen LogP contribution >= 0.6 is 0 Å². The van der Waals surface area contributed by atoms with E-state index in [0.29, 0.717) is 11.3 Å². The van der Waals surface area contributed by atoms with Crippen LogP contribution in [-0.2, 0) is 0 Å². The summed E-state index contributed by atoms with van der Waals surface area (Å²) in [7, 11) is 3.42. The van der Waals surface area contributed by atoms with Crippen LogP contribution in [0.4, 0.5) is 11.4 Å². The van der Waals surface area contributed by atoms with Crippen molar-refractivity contribution < 1.29 is 9.72 Å². The molecule has 0 spiro atoms. The molecule has 0 aliphatic heterocycles. The summed E-state index contributed by atoms with van der Waals surface area (Å²) in [6.45, 7) is 4.04. The van der Waals surface area contributed by atoms with Gasteiger partial charge in [-0.1, -0.05) is 13.8 Å². The molecular weight excluding hydrogens is 258 g/mol. The molecule has 1 rings (SSSR count). The molecule has 1 aromatic carbocycles. The van der Waals surface area contributed by atoms with Crippen LogP contribution in [0.5, 0.6) is 0 Å². The van der Waals surface area contributed by atoms with Crippen LogP contribution in [0.25, 0.3) is 0 Å². The number of nitro groups is 1. The van der Waals surface area contributed by atoms with Crippen LogP contribution in [0.1, 0.15) is 37.0 Å². The van der Waals surface area contributed by atoms with Crippen LogP contribution < -0.4 is 5.32 Å². The molecule has 0 unspecified atom stereocenters. The first kappa shape index (κ1) is 15.9. The second-order valence-electron chi connectivity index (χ2n) is 4.62. The maximum Gasteiger partial charge on any atom is 0.270 e. The molecular formula is C14H21N3O3. The second kappa shape index (κ2) is 6.88. The number of carbonyl (C=O) groups is 1. The van der Waals surface area contributed by atoms with Gasteiger partial charge in [0.15, 0.2) is 0 Å². The summed E-state index contributed by atoms with van der Waals surface area (Å²) in [6.07, 6.45) is 1.70. The Morgan fingerprint density at radius 2 is 2.00 bits per heavy atom. The normalized spacial score (nSPS) is 10.4. The lowest BCUT2D eigenvalue weighted by Gasteiger charge is -2.27. The Morgan fingerprint density at radius 3 is 2.45 bits per heavy atom. The van der Waals surface area contributed by atoms with Gasteiger partial charge in [0.05, 0.1) is 10.5 Å². The fourth-order valence-corrected chi connectivity index (χ4v) is 2.23. The molecule has 0 aliphatic rings. The van der Waals surface area contributed by atoms with Crippen molar-refractivity contribution >= 4 is 17.3 Å². The zero-order valence-electron chi connectivity index (χ0n) is 12.3. The molecule has 1 aromatic rings. The van der Waals surface area contributed by atoms with Crippen molar-refractivity contribution in [3.63, 3.8) is 0 Å². The molecule has 6 heteroatoms. The average molecular weight is 279 g/mol. The highest BCUT2D eigenvalue weighted by atomic mass is 16.6. The van der Waals surface area contributed by atoms with Crippen LogP contribution in [-0.4, -0.2) is 35.9 Å². The first-order chi connectivity index (χ1) is 9.46. The minimum Gasteiger partial charge on any atom is -0.387 e. The maximum atomic E-state index is 12.5. The van der Waals surface area contributed by atoms with Gasteiger partial charge in [-0.2, -0.15) is 0 Å². The Balaban J connectivity index is 3.19. The van der Waals surface area contributed by atoms with Crippen LogP contribution in [0.3, 0.4) is 0 Å². The minimum atomic E-state index is -0.493. The summed E-state index contributed by atoms with van der Waals surface area (Å²) in [5.74, 6) is -0.202. The third kappa shape index (κ3) is 3.26. The van der Waals surface area contributed by atoms with Crippen LogP contribution in [0.15, 0.2) is 18.2 Å². The number of amides is 1. The third-order valence-electron chi connectivity index (χ3n) is 3.52. The van der Waals surface area contributed by atoms with E-state index in [0.717, 1.165) is 12.8 Å². The van der Waals surface area contributed by atoms with Gasteiger partial charge in [-0.05, 0) is 18.9 Å². The quantitative estimate of drug-likeness (QED) is 0.641. The number of rotatable bonds is 6. The van der Waals surface area contributed by atoms with Crippen molar-refractivity contribution in [3.05, 3.63) is 33.9 Å². The molecule has 0 saturated heterocycles. The van der Waals surface area contributed by atoms with Crippen molar-refractivity contribution in [2.75, 3.05) is 19.4 Å². The van der Waals surface area contributed by atoms with Crippen molar-refractivity contribution in [3.8, 4) is 0 Å². The van der Waals surface area contributed by atoms with E-state index in [-0.39, 0.29) is 17.6 Å². The Bertz CT molecular complexity index is 498. The van der Waals surface area contributed by atoms with Crippen LogP contribution in [0, 0.1) is 10.1 Å². The number of benzene rings is 1. The molecule has 0 bridgehead atoms. The SMILES string of the molecule is CCC(CC)N(C)C(=O)c1cc([N+](=O)[O-])ccc1NC. The topological polar surface area (TPSA) is 75.5 Å². The van der Waals surface area contributed by atoms with E-state index in [1.807, 2.05) is 13.8 Å². The van der Waals surface area contributed by atoms with Crippen molar-refractivity contribution in [2.24, 2.45) is 0 Å². The number of nitrogens with zero attached hydrogens (tertiary/aromatic N) is 2. The standard InChI is InChI=1S/C14H21N3O3/c1-5-10(6-2)16(4)14(18)12-9-11(17(19)20)7-8-13(12)15-3/h7-10,15H,5-6H2,1-4H3. The minimum absolute atomic E-state index is 0.0784. The second-order valence-corrected chi connectivity index (χ2v) is 4.62. The molecule has 0 aliphatic carbocycles. The summed E-state index contributed by atoms with van der Waals surface area (Å²) in [4.78, 5) is 24.5. The number of carbonyl (C=O) groups excluding carboxylic acids is 1. The van der Waals surface area contributed by atoms with E-state index < -0.39 is 4.92 Å². The molecule has 0 saturated carbocycles. The highest BCUT2D eigenvalue weighted by Crippen LogP contribution is 2.24. The maximum absolute atomic E-state index is 12.5. The summed E-state index contributed by atoms with van der Waals surface area (Å²) in [5.41, 5.74) is 0.847. The molecule has 0 atom stereocenters. The van der Waals surface area contributed by atoms with E-state index in [9.17, 15) is 14.9 Å². The van der Waals surface area contributed by atoms with Gasteiger partial charge in [-0.3, -0.25) is 14.9 Å². The van der Waals surface area contributed by atoms with Crippen LogP contribution in [0.2, 0.25) is 0 Å². The van der Waals surface area contributed by atoms with E-state index in [4.69, 9.17) is 0 Å². The summed E-state index contributed by atoms with van der Waals surface area (Å²) >= 11 is 0. The van der Waals surface area contributed by atoms with Gasteiger partial charge in [0.2, 0.25) is 0 Å². The highest BCUT2D eigenvalue weighted by molar-refractivity contribution is 6.00. The third-order valence-corrected chi connectivity index (χ3v) is 3.52. The number of anilines is 1. The molecule has 0 aromatic heterocycles. The highest BCUT2D eigenvalue weighted by Gasteiger charge is 2.22. The monoisotopic (exact) mass is 279 g/mol. The van der Waals surface area contributed by atoms with Gasteiger partial charge in [0.1, 0.15) is 0 Å². The van der Waals surface area contributed by atoms with E-state index in [1.165, 1.54) is 12.1 Å². The zero-order chi connectivity index (χ0) is 15.3. The zero-order valence-corrected chi connectivity index (χ0v) is 12.3. The Labute approximate surface area is 118 Å². The molecule has 0 radical (unpaired) electrons. The Kier molecular flexibility index (Phi) is 5.49. The average Bonchev–Trinajstić information content (AvgIpc) is 2.46. The lowest BCUT2D eigenvalue weighted by molar-refractivity contribution is -0.384. The largest absolute Gasteiger partial charge is 0.387 e. The predicted molar refractivity (Wildman–Crippen MR) is 79.1 cm³/mol. The molecule has 20 heavy (non-hydrogen) atoms. The molecule has 1 N–H and O–H groups in total. The van der Waals surface area contributed by atoms with Gasteiger partial charge in [-0.25, -0.2) is 0 Å². The van der Waals surface area contributed by atoms with Gasteiger partial charge in [0.25, 0.3) is 11.6 Å². The molecule has 110 valence electrons. The van der Waals surface area contributed by atoms with Gasteiger partial charge in [0, 0.05) is 38.0 Å². The van der Waals surface area contributed by atoms with Gasteiger partial charge >= 0.3 is 0 Å². The summed E-state index contributed by atoms with van der Waals surface area (Å²) < 4.78 is 0. The van der Waals surface area contributed by atoms with Gasteiger partial charge in [-0.15, -0.1) is 0 Å².